The van der Waals surface area contributed by atoms with Gasteiger partial charge in [-0.25, -0.2) is 8.42 Å². The Balaban J connectivity index is 1.59. The molecule has 11 nitrogen and oxygen atoms in total. The van der Waals surface area contributed by atoms with Crippen LogP contribution in [0.1, 0.15) is 29.1 Å². The summed E-state index contributed by atoms with van der Waals surface area (Å²) in [5.74, 6) is 1.33. The Morgan fingerprint density at radius 2 is 1.95 bits per heavy atom. The van der Waals surface area contributed by atoms with E-state index in [1.807, 2.05) is 35.2 Å². The van der Waals surface area contributed by atoms with Gasteiger partial charge in [-0.05, 0) is 73.2 Å². The van der Waals surface area contributed by atoms with Crippen LogP contribution in [0.15, 0.2) is 77.3 Å². The van der Waals surface area contributed by atoms with Gasteiger partial charge in [0.2, 0.25) is 10.0 Å². The molecule has 13 heteroatoms. The third-order valence-electron chi connectivity index (χ3n) is 6.46. The van der Waals surface area contributed by atoms with E-state index in [1.54, 1.807) is 37.4 Å². The minimum atomic E-state index is -3.45. The number of methoxy groups -OCH3 is 1. The third kappa shape index (κ3) is 5.33. The minimum Gasteiger partial charge on any atom is -0.496 e. The number of hydrogen-bond acceptors (Lipinski definition) is 8. The van der Waals surface area contributed by atoms with Gasteiger partial charge < -0.3 is 19.4 Å². The van der Waals surface area contributed by atoms with Gasteiger partial charge in [-0.3, -0.25) is 19.8 Å². The average Bonchev–Trinajstić information content (AvgIpc) is 3.53. The predicted molar refractivity (Wildman–Crippen MR) is 155 cm³/mol. The van der Waals surface area contributed by atoms with Crippen LogP contribution in [0.3, 0.4) is 0 Å². The van der Waals surface area contributed by atoms with Crippen molar-refractivity contribution in [2.75, 3.05) is 23.0 Å². The number of sulfonamides is 1. The molecule has 40 heavy (non-hydrogen) atoms. The first-order chi connectivity index (χ1) is 19.1. The summed E-state index contributed by atoms with van der Waals surface area (Å²) in [7, 11) is -2.01. The summed E-state index contributed by atoms with van der Waals surface area (Å²) in [6.45, 7) is 1.81. The highest BCUT2D eigenvalue weighted by Gasteiger charge is 2.42. The SMILES string of the molecule is COc1cc([N+](=O)[O-])ccc1-c1ccc([C@H]2[C@H](c3ccccn3)NC(=S)N2c2ccc(NS(C)(=O)=O)c(C)c2)o1. The zero-order valence-corrected chi connectivity index (χ0v) is 23.3. The number of nitro groups is 1. The fraction of sp³-hybridized carbons (Fsp3) is 0.185. The number of benzene rings is 2. The lowest BCUT2D eigenvalue weighted by molar-refractivity contribution is -0.384. The number of nitrogens with zero attached hydrogens (tertiary/aromatic N) is 3. The molecule has 3 heterocycles. The molecule has 1 aliphatic rings. The van der Waals surface area contributed by atoms with Gasteiger partial charge in [-0.15, -0.1) is 0 Å². The minimum absolute atomic E-state index is 0.0942. The van der Waals surface area contributed by atoms with E-state index in [1.165, 1.54) is 19.2 Å². The topological polar surface area (TPSA) is 140 Å². The Bertz CT molecular complexity index is 1710. The molecule has 0 bridgehead atoms. The molecular formula is C27H25N5O6S2. The molecule has 2 atom stereocenters. The van der Waals surface area contributed by atoms with Crippen LogP contribution < -0.4 is 19.7 Å². The Hall–Kier alpha value is -4.49. The zero-order chi connectivity index (χ0) is 28.6. The first-order valence-corrected chi connectivity index (χ1v) is 14.4. The van der Waals surface area contributed by atoms with Crippen molar-refractivity contribution in [2.45, 2.75) is 19.0 Å². The second-order valence-corrected chi connectivity index (χ2v) is 11.3. The second kappa shape index (κ2) is 10.6. The van der Waals surface area contributed by atoms with E-state index in [9.17, 15) is 18.5 Å². The van der Waals surface area contributed by atoms with E-state index in [-0.39, 0.29) is 11.7 Å². The maximum atomic E-state index is 11.8. The molecule has 1 saturated heterocycles. The van der Waals surface area contributed by atoms with Crippen LogP contribution in [0.2, 0.25) is 0 Å². The number of nitro benzene ring substituents is 1. The summed E-state index contributed by atoms with van der Waals surface area (Å²) in [6, 6.07) is 18.0. The molecule has 2 aromatic heterocycles. The predicted octanol–water partition coefficient (Wildman–Crippen LogP) is 5.12. The van der Waals surface area contributed by atoms with Gasteiger partial charge in [0.05, 0.1) is 47.3 Å². The van der Waals surface area contributed by atoms with Crippen LogP contribution in [0.5, 0.6) is 5.75 Å². The number of anilines is 2. The first kappa shape index (κ1) is 27.1. The number of hydrogen-bond donors (Lipinski definition) is 2. The van der Waals surface area contributed by atoms with Gasteiger partial charge in [-0.2, -0.15) is 0 Å². The van der Waals surface area contributed by atoms with Gasteiger partial charge in [0.15, 0.2) is 5.11 Å². The molecule has 2 N–H and O–H groups in total. The van der Waals surface area contributed by atoms with Gasteiger partial charge in [0.1, 0.15) is 23.3 Å². The summed E-state index contributed by atoms with van der Waals surface area (Å²) in [6.07, 6.45) is 2.80. The number of ether oxygens (including phenoxy) is 1. The third-order valence-corrected chi connectivity index (χ3v) is 7.37. The average molecular weight is 580 g/mol. The number of furan rings is 1. The number of aromatic nitrogens is 1. The van der Waals surface area contributed by atoms with Crippen molar-refractivity contribution in [3.05, 3.63) is 100 Å². The zero-order valence-electron chi connectivity index (χ0n) is 21.7. The molecule has 0 spiro atoms. The molecule has 0 amide bonds. The lowest BCUT2D eigenvalue weighted by Gasteiger charge is -2.26. The van der Waals surface area contributed by atoms with E-state index in [2.05, 4.69) is 15.0 Å². The maximum Gasteiger partial charge on any atom is 0.273 e. The highest BCUT2D eigenvalue weighted by Crippen LogP contribution is 2.44. The van der Waals surface area contributed by atoms with Gasteiger partial charge in [-0.1, -0.05) is 6.07 Å². The van der Waals surface area contributed by atoms with Gasteiger partial charge in [0, 0.05) is 18.0 Å². The van der Waals surface area contributed by atoms with Crippen molar-refractivity contribution in [1.82, 2.24) is 10.3 Å². The van der Waals surface area contributed by atoms with E-state index in [0.29, 0.717) is 39.2 Å². The smallest absolute Gasteiger partial charge is 0.273 e. The van der Waals surface area contributed by atoms with Crippen LogP contribution in [-0.4, -0.2) is 36.8 Å². The van der Waals surface area contributed by atoms with E-state index in [4.69, 9.17) is 21.4 Å². The largest absolute Gasteiger partial charge is 0.496 e. The van der Waals surface area contributed by atoms with E-state index >= 15 is 0 Å². The molecule has 4 aromatic rings. The summed E-state index contributed by atoms with van der Waals surface area (Å²) in [4.78, 5) is 17.2. The number of thiocarbonyl (C=S) groups is 1. The molecule has 206 valence electrons. The number of rotatable bonds is 8. The summed E-state index contributed by atoms with van der Waals surface area (Å²) in [5, 5.41) is 15.0. The molecule has 0 unspecified atom stereocenters. The molecule has 0 radical (unpaired) electrons. The summed E-state index contributed by atoms with van der Waals surface area (Å²) < 4.78 is 37.9. The number of aryl methyl sites for hydroxylation is 1. The molecular weight excluding hydrogens is 554 g/mol. The number of non-ortho nitro benzene ring substituents is 1. The Kier molecular flexibility index (Phi) is 7.17. The van der Waals surface area contributed by atoms with E-state index < -0.39 is 21.0 Å². The van der Waals surface area contributed by atoms with E-state index in [0.717, 1.165) is 17.6 Å². The molecule has 1 aliphatic heterocycles. The van der Waals surface area contributed by atoms with Crippen LogP contribution >= 0.6 is 12.2 Å². The Morgan fingerprint density at radius 3 is 2.60 bits per heavy atom. The van der Waals surface area contributed by atoms with Crippen molar-refractivity contribution >= 4 is 44.4 Å². The van der Waals surface area contributed by atoms with Crippen molar-refractivity contribution < 1.29 is 22.5 Å². The highest BCUT2D eigenvalue weighted by molar-refractivity contribution is 7.92. The lowest BCUT2D eigenvalue weighted by Crippen LogP contribution is -2.29. The Morgan fingerprint density at radius 1 is 1.15 bits per heavy atom. The summed E-state index contributed by atoms with van der Waals surface area (Å²) in [5.41, 5.74) is 3.11. The monoisotopic (exact) mass is 579 g/mol. The van der Waals surface area contributed by atoms with Gasteiger partial charge >= 0.3 is 0 Å². The fourth-order valence-corrected chi connectivity index (χ4v) is 5.66. The van der Waals surface area contributed by atoms with Crippen LogP contribution in [0.4, 0.5) is 17.1 Å². The number of pyridine rings is 1. The molecule has 0 aliphatic carbocycles. The summed E-state index contributed by atoms with van der Waals surface area (Å²) >= 11 is 5.77. The first-order valence-electron chi connectivity index (χ1n) is 12.1. The van der Waals surface area contributed by atoms with Crippen molar-refractivity contribution in [1.29, 1.82) is 0 Å². The van der Waals surface area contributed by atoms with Gasteiger partial charge in [0.25, 0.3) is 5.69 Å². The molecule has 0 saturated carbocycles. The fourth-order valence-electron chi connectivity index (χ4n) is 4.69. The molecule has 1 fully saturated rings. The number of nitrogens with one attached hydrogen (secondary N) is 2. The van der Waals surface area contributed by atoms with Crippen molar-refractivity contribution in [2.24, 2.45) is 0 Å². The Labute approximate surface area is 236 Å². The quantitative estimate of drug-likeness (QED) is 0.164. The molecule has 5 rings (SSSR count). The second-order valence-electron chi connectivity index (χ2n) is 9.21. The lowest BCUT2D eigenvalue weighted by atomic mass is 10.0. The maximum absolute atomic E-state index is 11.8. The highest BCUT2D eigenvalue weighted by atomic mass is 32.2. The standard InChI is InChI=1S/C27H25N5O6S2/c1-16-14-17(8-10-20(16)30-40(3,35)36)31-26(25(29-27(31)39)21-6-4-5-13-28-21)23-12-11-22(38-23)19-9-7-18(32(33)34)15-24(19)37-2/h4-15,25-26,30H,1-3H3,(H,29,39)/t25-,26-/m0/s1. The van der Waals surface area contributed by atoms with Crippen LogP contribution in [0, 0.1) is 17.0 Å². The van der Waals surface area contributed by atoms with Crippen LogP contribution in [0.25, 0.3) is 11.3 Å². The van der Waals surface area contributed by atoms with Crippen molar-refractivity contribution in [3.63, 3.8) is 0 Å². The van der Waals surface area contributed by atoms with Crippen LogP contribution in [-0.2, 0) is 10.0 Å². The normalized spacial score (nSPS) is 17.0. The molecule has 2 aromatic carbocycles. The van der Waals surface area contributed by atoms with Crippen molar-refractivity contribution in [3.8, 4) is 17.1 Å².